The minimum atomic E-state index is -4.41. The van der Waals surface area contributed by atoms with E-state index in [1.807, 2.05) is 0 Å². The highest BCUT2D eigenvalue weighted by Crippen LogP contribution is 2.20. The number of alkyl halides is 6. The first kappa shape index (κ1) is 14.3. The van der Waals surface area contributed by atoms with E-state index >= 15 is 0 Å². The lowest BCUT2D eigenvalue weighted by Gasteiger charge is -2.00. The monoisotopic (exact) mass is 266 g/mol. The largest absolute Gasteiger partial charge is 0.409 e. The van der Waals surface area contributed by atoms with Crippen LogP contribution in [0.1, 0.15) is 11.1 Å². The van der Waals surface area contributed by atoms with Gasteiger partial charge in [-0.05, 0) is 11.1 Å². The van der Waals surface area contributed by atoms with Crippen molar-refractivity contribution in [2.75, 3.05) is 0 Å². The normalized spacial score (nSPS) is 13.7. The van der Waals surface area contributed by atoms with Crippen LogP contribution < -0.4 is 0 Å². The second-order valence-corrected chi connectivity index (χ2v) is 3.42. The highest BCUT2D eigenvalue weighted by Gasteiger charge is 2.22. The van der Waals surface area contributed by atoms with Gasteiger partial charge in [-0.1, -0.05) is 36.4 Å². The molecule has 0 aliphatic carbocycles. The molecule has 0 heterocycles. The number of allylic oxidation sites excluding steroid dienone is 2. The molecule has 0 nitrogen and oxygen atoms in total. The molecule has 0 aromatic heterocycles. The van der Waals surface area contributed by atoms with Crippen LogP contribution in [0.4, 0.5) is 26.3 Å². The average Bonchev–Trinajstić information content (AvgIpc) is 2.23. The topological polar surface area (TPSA) is 0 Å². The molecule has 1 aromatic rings. The van der Waals surface area contributed by atoms with Gasteiger partial charge in [0.25, 0.3) is 0 Å². The number of rotatable bonds is 2. The Hall–Kier alpha value is -1.72. The lowest BCUT2D eigenvalue weighted by molar-refractivity contribution is -0.0800. The second-order valence-electron chi connectivity index (χ2n) is 3.42. The van der Waals surface area contributed by atoms with Crippen molar-refractivity contribution >= 4 is 12.2 Å². The molecular formula is C12H8F6. The summed E-state index contributed by atoms with van der Waals surface area (Å²) in [6, 6.07) is 5.22. The highest BCUT2D eigenvalue weighted by atomic mass is 19.4. The molecule has 6 heteroatoms. The van der Waals surface area contributed by atoms with Gasteiger partial charge >= 0.3 is 12.4 Å². The van der Waals surface area contributed by atoms with E-state index in [2.05, 4.69) is 0 Å². The van der Waals surface area contributed by atoms with Gasteiger partial charge < -0.3 is 0 Å². The summed E-state index contributed by atoms with van der Waals surface area (Å²) in [6.45, 7) is 0. The molecule has 0 amide bonds. The molecule has 0 N–H and O–H groups in total. The molecule has 0 spiro atoms. The molecule has 1 aromatic carbocycles. The Labute approximate surface area is 99.2 Å². The molecule has 1 rings (SSSR count). The Morgan fingerprint density at radius 3 is 1.11 bits per heavy atom. The fourth-order valence-electron chi connectivity index (χ4n) is 1.10. The number of hydrogen-bond acceptors (Lipinski definition) is 0. The maximum atomic E-state index is 11.8. The predicted molar refractivity (Wildman–Crippen MR) is 56.6 cm³/mol. The van der Waals surface area contributed by atoms with E-state index in [9.17, 15) is 26.3 Å². The summed E-state index contributed by atoms with van der Waals surface area (Å²) in [4.78, 5) is 0. The molecule has 0 saturated heterocycles. The van der Waals surface area contributed by atoms with Crippen LogP contribution in [0.25, 0.3) is 12.2 Å². The Morgan fingerprint density at radius 1 is 0.611 bits per heavy atom. The minimum Gasteiger partial charge on any atom is -0.167 e. The summed E-state index contributed by atoms with van der Waals surface area (Å²) in [5, 5.41) is 0. The summed E-state index contributed by atoms with van der Waals surface area (Å²) in [5.41, 5.74) is 0.521. The van der Waals surface area contributed by atoms with Crippen molar-refractivity contribution in [1.29, 1.82) is 0 Å². The second kappa shape index (κ2) is 5.29. The third-order valence-corrected chi connectivity index (χ3v) is 1.87. The van der Waals surface area contributed by atoms with E-state index in [-0.39, 0.29) is 23.3 Å². The van der Waals surface area contributed by atoms with Crippen LogP contribution in [0.2, 0.25) is 0 Å². The minimum absolute atomic E-state index is 0.0631. The van der Waals surface area contributed by atoms with Crippen LogP contribution in [0, 0.1) is 0 Å². The Bertz CT molecular complexity index is 390. The van der Waals surface area contributed by atoms with Crippen molar-refractivity contribution in [2.45, 2.75) is 12.4 Å². The molecule has 0 atom stereocenters. The lowest BCUT2D eigenvalue weighted by atomic mass is 10.1. The molecule has 0 aliphatic rings. The first-order valence-corrected chi connectivity index (χ1v) is 4.78. The molecule has 98 valence electrons. The van der Waals surface area contributed by atoms with Crippen LogP contribution in [0.5, 0.6) is 0 Å². The van der Waals surface area contributed by atoms with E-state index in [0.717, 1.165) is 12.2 Å². The quantitative estimate of drug-likeness (QED) is 0.672. The molecule has 0 radical (unpaired) electrons. The first-order valence-electron chi connectivity index (χ1n) is 4.78. The molecule has 18 heavy (non-hydrogen) atoms. The maximum Gasteiger partial charge on any atom is 0.409 e. The Morgan fingerprint density at radius 2 is 0.889 bits per heavy atom. The Kier molecular flexibility index (Phi) is 4.21. The molecule has 0 unspecified atom stereocenters. The number of halogens is 6. The van der Waals surface area contributed by atoms with Gasteiger partial charge in [0.1, 0.15) is 0 Å². The summed E-state index contributed by atoms with van der Waals surface area (Å²) in [5.74, 6) is 0. The van der Waals surface area contributed by atoms with Gasteiger partial charge in [-0.25, -0.2) is 0 Å². The van der Waals surface area contributed by atoms with Gasteiger partial charge in [0.2, 0.25) is 0 Å². The predicted octanol–water partition coefficient (Wildman–Crippen LogP) is 4.84. The lowest BCUT2D eigenvalue weighted by Crippen LogP contribution is -2.00. The van der Waals surface area contributed by atoms with Crippen molar-refractivity contribution < 1.29 is 26.3 Å². The Balaban J connectivity index is 2.75. The van der Waals surface area contributed by atoms with Gasteiger partial charge in [0.15, 0.2) is 0 Å². The zero-order valence-corrected chi connectivity index (χ0v) is 8.89. The molecular weight excluding hydrogens is 258 g/mol. The highest BCUT2D eigenvalue weighted by molar-refractivity contribution is 5.56. The van der Waals surface area contributed by atoms with E-state index in [1.54, 1.807) is 0 Å². The van der Waals surface area contributed by atoms with Crippen LogP contribution in [0.3, 0.4) is 0 Å². The van der Waals surface area contributed by atoms with Crippen LogP contribution in [-0.2, 0) is 0 Å². The molecule has 0 bridgehead atoms. The standard InChI is InChI=1S/C12H8F6/c13-11(14,15)7-5-9-1-2-10(4-3-9)6-8-12(16,17)18/h1-8H. The van der Waals surface area contributed by atoms with E-state index < -0.39 is 12.4 Å². The van der Waals surface area contributed by atoms with Gasteiger partial charge in [-0.2, -0.15) is 26.3 Å². The summed E-state index contributed by atoms with van der Waals surface area (Å²) < 4.78 is 71.1. The first-order chi connectivity index (χ1) is 8.16. The van der Waals surface area contributed by atoms with Gasteiger partial charge in [-0.15, -0.1) is 0 Å². The van der Waals surface area contributed by atoms with Crippen molar-refractivity contribution in [3.05, 3.63) is 47.5 Å². The van der Waals surface area contributed by atoms with Gasteiger partial charge in [-0.3, -0.25) is 0 Å². The van der Waals surface area contributed by atoms with Crippen molar-refractivity contribution in [3.63, 3.8) is 0 Å². The summed E-state index contributed by atoms with van der Waals surface area (Å²) in [7, 11) is 0. The number of hydrogen-bond donors (Lipinski definition) is 0. The SMILES string of the molecule is FC(F)(F)C=Cc1ccc(C=CC(F)(F)F)cc1. The van der Waals surface area contributed by atoms with Crippen molar-refractivity contribution in [3.8, 4) is 0 Å². The summed E-state index contributed by atoms with van der Waals surface area (Å²) in [6.07, 6.45) is -7.00. The van der Waals surface area contributed by atoms with Crippen LogP contribution >= 0.6 is 0 Å². The zero-order valence-electron chi connectivity index (χ0n) is 8.89. The molecule has 0 fully saturated rings. The fourth-order valence-corrected chi connectivity index (χ4v) is 1.10. The fraction of sp³-hybridized carbons (Fsp3) is 0.167. The molecule has 0 saturated carbocycles. The molecule has 0 aliphatic heterocycles. The average molecular weight is 266 g/mol. The van der Waals surface area contributed by atoms with E-state index in [4.69, 9.17) is 0 Å². The smallest absolute Gasteiger partial charge is 0.167 e. The number of benzene rings is 1. The van der Waals surface area contributed by atoms with Gasteiger partial charge in [0.05, 0.1) is 0 Å². The maximum absolute atomic E-state index is 11.8. The van der Waals surface area contributed by atoms with Gasteiger partial charge in [0, 0.05) is 12.2 Å². The van der Waals surface area contributed by atoms with Crippen LogP contribution in [-0.4, -0.2) is 12.4 Å². The van der Waals surface area contributed by atoms with E-state index in [0.29, 0.717) is 0 Å². The zero-order chi connectivity index (χ0) is 13.8. The van der Waals surface area contributed by atoms with Crippen LogP contribution in [0.15, 0.2) is 36.4 Å². The third kappa shape index (κ3) is 6.12. The third-order valence-electron chi connectivity index (χ3n) is 1.87. The van der Waals surface area contributed by atoms with Crippen molar-refractivity contribution in [2.24, 2.45) is 0 Å². The van der Waals surface area contributed by atoms with Crippen molar-refractivity contribution in [1.82, 2.24) is 0 Å². The van der Waals surface area contributed by atoms with E-state index in [1.165, 1.54) is 24.3 Å². The summed E-state index contributed by atoms with van der Waals surface area (Å²) >= 11 is 0.